The number of ether oxygens (including phenoxy) is 2. The van der Waals surface area contributed by atoms with Gasteiger partial charge in [0.1, 0.15) is 0 Å². The summed E-state index contributed by atoms with van der Waals surface area (Å²) in [6, 6.07) is 0. The maximum Gasteiger partial charge on any atom is 0.0900 e. The lowest BCUT2D eigenvalue weighted by molar-refractivity contribution is -0.00826. The summed E-state index contributed by atoms with van der Waals surface area (Å²) < 4.78 is 10.2. The summed E-state index contributed by atoms with van der Waals surface area (Å²) in [4.78, 5) is 2.34. The molecule has 4 heteroatoms. The molecular weight excluding hydrogens is 218 g/mol. The van der Waals surface area contributed by atoms with Gasteiger partial charge in [-0.3, -0.25) is 0 Å². The van der Waals surface area contributed by atoms with Gasteiger partial charge in [-0.25, -0.2) is 0 Å². The zero-order valence-corrected chi connectivity index (χ0v) is 11.4. The van der Waals surface area contributed by atoms with E-state index in [1.54, 1.807) is 7.11 Å². The van der Waals surface area contributed by atoms with E-state index in [4.69, 9.17) is 9.47 Å². The summed E-state index contributed by atoms with van der Waals surface area (Å²) in [6.45, 7) is 9.07. The third-order valence-corrected chi connectivity index (χ3v) is 3.63. The van der Waals surface area contributed by atoms with Gasteiger partial charge in [0.2, 0.25) is 0 Å². The van der Waals surface area contributed by atoms with E-state index in [-0.39, 0.29) is 6.10 Å². The van der Waals surface area contributed by atoms with Gasteiger partial charge in [-0.05, 0) is 24.8 Å². The van der Waals surface area contributed by atoms with E-state index in [1.165, 1.54) is 6.42 Å². The Labute approximate surface area is 105 Å². The van der Waals surface area contributed by atoms with Gasteiger partial charge in [-0.1, -0.05) is 13.8 Å². The highest BCUT2D eigenvalue weighted by molar-refractivity contribution is 4.76. The van der Waals surface area contributed by atoms with Crippen LogP contribution in [0, 0.1) is 11.8 Å². The molecule has 3 atom stereocenters. The van der Waals surface area contributed by atoms with E-state index in [1.807, 2.05) is 0 Å². The molecule has 0 aromatic carbocycles. The third kappa shape index (κ3) is 5.82. The van der Waals surface area contributed by atoms with Crippen LogP contribution in [0.25, 0.3) is 0 Å². The van der Waals surface area contributed by atoms with Crippen molar-refractivity contribution in [1.29, 1.82) is 0 Å². The Balaban J connectivity index is 2.11. The predicted octanol–water partition coefficient (Wildman–Crippen LogP) is 0.988. The smallest absolute Gasteiger partial charge is 0.0900 e. The molecule has 0 aromatic heterocycles. The molecule has 1 aliphatic heterocycles. The van der Waals surface area contributed by atoms with Crippen molar-refractivity contribution in [3.8, 4) is 0 Å². The third-order valence-electron chi connectivity index (χ3n) is 3.63. The second-order valence-corrected chi connectivity index (χ2v) is 5.22. The van der Waals surface area contributed by atoms with Crippen molar-refractivity contribution in [3.63, 3.8) is 0 Å². The molecule has 102 valence electrons. The number of β-amino-alcohol motifs (C(OH)–C–C–N with tert-alkyl or cyclic N) is 1. The number of nitrogens with zero attached hydrogens (tertiary/aromatic N) is 1. The van der Waals surface area contributed by atoms with Crippen LogP contribution in [-0.4, -0.2) is 62.7 Å². The van der Waals surface area contributed by atoms with Gasteiger partial charge in [0.05, 0.1) is 25.9 Å². The number of hydrogen-bond acceptors (Lipinski definition) is 4. The molecule has 1 fully saturated rings. The van der Waals surface area contributed by atoms with E-state index in [0.29, 0.717) is 19.8 Å². The molecule has 4 nitrogen and oxygen atoms in total. The average Bonchev–Trinajstić information content (AvgIpc) is 2.30. The van der Waals surface area contributed by atoms with Gasteiger partial charge < -0.3 is 19.5 Å². The molecule has 0 radical (unpaired) electrons. The first-order chi connectivity index (χ1) is 8.13. The summed E-state index contributed by atoms with van der Waals surface area (Å²) in [7, 11) is 1.65. The Morgan fingerprint density at radius 3 is 2.71 bits per heavy atom. The minimum Gasteiger partial charge on any atom is -0.389 e. The molecule has 0 spiro atoms. The second-order valence-electron chi connectivity index (χ2n) is 5.22. The summed E-state index contributed by atoms with van der Waals surface area (Å²) in [5.74, 6) is 1.53. The molecule has 0 aliphatic carbocycles. The zero-order chi connectivity index (χ0) is 12.7. The van der Waals surface area contributed by atoms with Crippen molar-refractivity contribution in [1.82, 2.24) is 4.90 Å². The molecule has 1 aliphatic rings. The number of piperidine rings is 1. The molecule has 1 heterocycles. The first-order valence-electron chi connectivity index (χ1n) is 6.60. The highest BCUT2D eigenvalue weighted by Gasteiger charge is 2.23. The first kappa shape index (κ1) is 14.9. The molecule has 17 heavy (non-hydrogen) atoms. The van der Waals surface area contributed by atoms with Crippen molar-refractivity contribution in [2.45, 2.75) is 26.4 Å². The second kappa shape index (κ2) is 8.03. The molecule has 0 aromatic rings. The normalized spacial score (nSPS) is 28.2. The number of aliphatic hydroxyl groups excluding tert-OH is 1. The Kier molecular flexibility index (Phi) is 7.04. The maximum absolute atomic E-state index is 9.85. The summed E-state index contributed by atoms with van der Waals surface area (Å²) >= 11 is 0. The Morgan fingerprint density at radius 2 is 2.06 bits per heavy atom. The van der Waals surface area contributed by atoms with Crippen LogP contribution in [0.1, 0.15) is 20.3 Å². The van der Waals surface area contributed by atoms with E-state index < -0.39 is 0 Å². The fraction of sp³-hybridized carbons (Fsp3) is 1.00. The molecule has 0 bridgehead atoms. The number of hydrogen-bond donors (Lipinski definition) is 1. The van der Waals surface area contributed by atoms with Crippen LogP contribution in [-0.2, 0) is 9.47 Å². The van der Waals surface area contributed by atoms with Gasteiger partial charge in [0.25, 0.3) is 0 Å². The van der Waals surface area contributed by atoms with Crippen molar-refractivity contribution in [3.05, 3.63) is 0 Å². The van der Waals surface area contributed by atoms with E-state index in [0.717, 1.165) is 31.5 Å². The largest absolute Gasteiger partial charge is 0.389 e. The molecule has 1 N–H and O–H groups in total. The Morgan fingerprint density at radius 1 is 1.29 bits per heavy atom. The zero-order valence-electron chi connectivity index (χ0n) is 11.4. The van der Waals surface area contributed by atoms with Gasteiger partial charge in [-0.15, -0.1) is 0 Å². The van der Waals surface area contributed by atoms with Crippen molar-refractivity contribution >= 4 is 0 Å². The predicted molar refractivity (Wildman–Crippen MR) is 68.1 cm³/mol. The van der Waals surface area contributed by atoms with Crippen LogP contribution in [0.4, 0.5) is 0 Å². The van der Waals surface area contributed by atoms with Crippen molar-refractivity contribution < 1.29 is 14.6 Å². The van der Waals surface area contributed by atoms with Gasteiger partial charge in [0.15, 0.2) is 0 Å². The lowest BCUT2D eigenvalue weighted by Gasteiger charge is -2.36. The number of aliphatic hydroxyl groups is 1. The highest BCUT2D eigenvalue weighted by atomic mass is 16.5. The summed E-state index contributed by atoms with van der Waals surface area (Å²) in [5.41, 5.74) is 0. The van der Waals surface area contributed by atoms with Crippen LogP contribution >= 0.6 is 0 Å². The maximum atomic E-state index is 9.85. The first-order valence-corrected chi connectivity index (χ1v) is 6.60. The van der Waals surface area contributed by atoms with Crippen molar-refractivity contribution in [2.24, 2.45) is 11.8 Å². The Bertz CT molecular complexity index is 201. The fourth-order valence-electron chi connectivity index (χ4n) is 2.23. The molecular formula is C13H27NO3. The van der Waals surface area contributed by atoms with Gasteiger partial charge >= 0.3 is 0 Å². The molecule has 0 saturated carbocycles. The fourth-order valence-corrected chi connectivity index (χ4v) is 2.23. The lowest BCUT2D eigenvalue weighted by atomic mass is 9.88. The quantitative estimate of drug-likeness (QED) is 0.679. The minimum absolute atomic E-state index is 0.382. The van der Waals surface area contributed by atoms with E-state index >= 15 is 0 Å². The molecule has 0 amide bonds. The standard InChI is InChI=1S/C13H27NO3/c1-11-4-5-14(8-12(11)2)9-13(15)10-17-7-6-16-3/h11-13,15H,4-10H2,1-3H3. The number of likely N-dealkylation sites (tertiary alicyclic amines) is 1. The Hall–Kier alpha value is -0.160. The topological polar surface area (TPSA) is 41.9 Å². The van der Waals surface area contributed by atoms with Crippen LogP contribution in [0.3, 0.4) is 0 Å². The molecule has 1 rings (SSSR count). The van der Waals surface area contributed by atoms with Crippen LogP contribution in [0.5, 0.6) is 0 Å². The van der Waals surface area contributed by atoms with Crippen molar-refractivity contribution in [2.75, 3.05) is 46.6 Å². The van der Waals surface area contributed by atoms with Crippen LogP contribution in [0.2, 0.25) is 0 Å². The van der Waals surface area contributed by atoms with E-state index in [2.05, 4.69) is 18.7 Å². The van der Waals surface area contributed by atoms with Crippen LogP contribution < -0.4 is 0 Å². The minimum atomic E-state index is -0.382. The highest BCUT2D eigenvalue weighted by Crippen LogP contribution is 2.22. The average molecular weight is 245 g/mol. The van der Waals surface area contributed by atoms with Gasteiger partial charge in [-0.2, -0.15) is 0 Å². The van der Waals surface area contributed by atoms with Crippen LogP contribution in [0.15, 0.2) is 0 Å². The summed E-state index contributed by atoms with van der Waals surface area (Å²) in [5, 5.41) is 9.85. The molecule has 3 unspecified atom stereocenters. The summed E-state index contributed by atoms with van der Waals surface area (Å²) in [6.07, 6.45) is 0.853. The number of rotatable bonds is 7. The van der Waals surface area contributed by atoms with Gasteiger partial charge in [0, 0.05) is 20.2 Å². The van der Waals surface area contributed by atoms with E-state index in [9.17, 15) is 5.11 Å². The number of methoxy groups -OCH3 is 1. The monoisotopic (exact) mass is 245 g/mol. The SMILES string of the molecule is COCCOCC(O)CN1CCC(C)C(C)C1. The lowest BCUT2D eigenvalue weighted by Crippen LogP contribution is -2.43. The molecule has 1 saturated heterocycles.